The normalized spacial score (nSPS) is 21.3. The molecule has 0 saturated heterocycles. The first-order valence-electron chi connectivity index (χ1n) is 12.9. The first-order valence-corrected chi connectivity index (χ1v) is 12.9. The third-order valence-electron chi connectivity index (χ3n) is 6.92. The Labute approximate surface area is 203 Å². The van der Waals surface area contributed by atoms with Gasteiger partial charge in [0.2, 0.25) is 0 Å². The summed E-state index contributed by atoms with van der Waals surface area (Å²) in [6, 6.07) is 6.17. The fraction of sp³-hybridized carbons (Fsp3) is 0.630. The van der Waals surface area contributed by atoms with Gasteiger partial charge in [0.15, 0.2) is 0 Å². The molecule has 3 rings (SSSR count). The van der Waals surface area contributed by atoms with Crippen molar-refractivity contribution in [2.45, 2.75) is 85.0 Å². The topological polar surface area (TPSA) is 65.3 Å². The lowest BCUT2D eigenvalue weighted by Gasteiger charge is -2.28. The van der Waals surface area contributed by atoms with Crippen molar-refractivity contribution in [3.05, 3.63) is 35.6 Å². The molecule has 2 unspecified atom stereocenters. The molecule has 0 spiro atoms. The molecule has 186 valence electrons. The average Bonchev–Trinajstić information content (AvgIpc) is 3.25. The first kappa shape index (κ1) is 26.0. The fourth-order valence-electron chi connectivity index (χ4n) is 5.07. The Kier molecular flexibility index (Phi) is 9.36. The van der Waals surface area contributed by atoms with Crippen LogP contribution in [0.15, 0.2) is 34.5 Å². The predicted molar refractivity (Wildman–Crippen MR) is 134 cm³/mol. The number of benzene rings is 1. The molecule has 1 aromatic rings. The zero-order valence-corrected chi connectivity index (χ0v) is 21.1. The maximum atomic E-state index is 13.7. The molecule has 0 aromatic heterocycles. The summed E-state index contributed by atoms with van der Waals surface area (Å²) in [6.07, 6.45) is 8.43. The molecule has 0 aliphatic carbocycles. The van der Waals surface area contributed by atoms with Gasteiger partial charge in [-0.3, -0.25) is 9.59 Å². The van der Waals surface area contributed by atoms with Crippen LogP contribution in [-0.4, -0.2) is 46.3 Å². The lowest BCUT2D eigenvalue weighted by atomic mass is 9.73. The van der Waals surface area contributed by atoms with E-state index in [1.165, 1.54) is 12.1 Å². The molecular weight excluding hydrogens is 431 g/mol. The molecule has 1 aromatic carbocycles. The highest BCUT2D eigenvalue weighted by Gasteiger charge is 2.49. The smallest absolute Gasteiger partial charge is 0.252 e. The number of carbonyl (C=O) groups excluding carboxylic acids is 2. The Morgan fingerprint density at radius 1 is 0.765 bits per heavy atom. The van der Waals surface area contributed by atoms with Crippen molar-refractivity contribution in [3.63, 3.8) is 0 Å². The Hall–Kier alpha value is -2.57. The molecule has 34 heavy (non-hydrogen) atoms. The number of unbranched alkanes of at least 4 members (excludes halogenated alkanes) is 6. The van der Waals surface area contributed by atoms with Crippen molar-refractivity contribution in [1.82, 2.24) is 10.0 Å². The molecule has 7 heteroatoms. The summed E-state index contributed by atoms with van der Waals surface area (Å²) in [4.78, 5) is 27.1. The molecule has 0 N–H and O–H groups in total. The van der Waals surface area contributed by atoms with Crippen LogP contribution in [0.2, 0.25) is 0 Å². The highest BCUT2D eigenvalue weighted by molar-refractivity contribution is 6.12. The largest absolute Gasteiger partial charge is 0.272 e. The van der Waals surface area contributed by atoms with Gasteiger partial charge >= 0.3 is 0 Å². The third-order valence-corrected chi connectivity index (χ3v) is 6.92. The van der Waals surface area contributed by atoms with E-state index in [1.54, 1.807) is 22.2 Å². The summed E-state index contributed by atoms with van der Waals surface area (Å²) in [7, 11) is 0. The monoisotopic (exact) mass is 470 g/mol. The minimum absolute atomic E-state index is 0.0784. The van der Waals surface area contributed by atoms with Crippen LogP contribution in [0.1, 0.15) is 90.5 Å². The van der Waals surface area contributed by atoms with Crippen LogP contribution in [-0.2, 0) is 9.59 Å². The number of hydrogen-bond acceptors (Lipinski definition) is 4. The quantitative estimate of drug-likeness (QED) is 0.345. The SMILES string of the molecule is CCCCCCN1N=C(C)C(C(c2ccc(F)cc2)C2C(=O)N(CCCCCC)N=C2C)C1=O. The van der Waals surface area contributed by atoms with E-state index < -0.39 is 17.8 Å². The van der Waals surface area contributed by atoms with Gasteiger partial charge in [-0.1, -0.05) is 64.5 Å². The molecule has 2 aliphatic heterocycles. The van der Waals surface area contributed by atoms with Crippen LogP contribution in [0.25, 0.3) is 0 Å². The van der Waals surface area contributed by atoms with Crippen LogP contribution in [0.3, 0.4) is 0 Å². The summed E-state index contributed by atoms with van der Waals surface area (Å²) in [6.45, 7) is 9.19. The Bertz CT molecular complexity index is 860. The second-order valence-electron chi connectivity index (χ2n) is 9.56. The predicted octanol–water partition coefficient (Wildman–Crippen LogP) is 5.74. The van der Waals surface area contributed by atoms with E-state index in [0.29, 0.717) is 24.5 Å². The minimum Gasteiger partial charge on any atom is -0.272 e. The van der Waals surface area contributed by atoms with Crippen molar-refractivity contribution in [3.8, 4) is 0 Å². The van der Waals surface area contributed by atoms with Gasteiger partial charge < -0.3 is 0 Å². The summed E-state index contributed by atoms with van der Waals surface area (Å²) in [5.41, 5.74) is 2.18. The fourth-order valence-corrected chi connectivity index (χ4v) is 5.07. The molecule has 2 heterocycles. The van der Waals surface area contributed by atoms with Gasteiger partial charge in [0.1, 0.15) is 5.82 Å². The van der Waals surface area contributed by atoms with Gasteiger partial charge in [-0.2, -0.15) is 10.2 Å². The number of rotatable bonds is 13. The van der Waals surface area contributed by atoms with E-state index in [2.05, 4.69) is 24.1 Å². The number of nitrogens with zero attached hydrogens (tertiary/aromatic N) is 4. The van der Waals surface area contributed by atoms with E-state index in [0.717, 1.165) is 56.9 Å². The summed E-state index contributed by atoms with van der Waals surface area (Å²) >= 11 is 0. The molecule has 0 saturated carbocycles. The van der Waals surface area contributed by atoms with Gasteiger partial charge in [-0.15, -0.1) is 0 Å². The van der Waals surface area contributed by atoms with Crippen molar-refractivity contribution >= 4 is 23.2 Å². The first-order chi connectivity index (χ1) is 16.4. The molecule has 6 nitrogen and oxygen atoms in total. The van der Waals surface area contributed by atoms with Crippen LogP contribution in [0, 0.1) is 17.7 Å². The summed E-state index contributed by atoms with van der Waals surface area (Å²) < 4.78 is 13.7. The maximum absolute atomic E-state index is 13.7. The van der Waals surface area contributed by atoms with Crippen LogP contribution >= 0.6 is 0 Å². The van der Waals surface area contributed by atoms with E-state index in [4.69, 9.17) is 0 Å². The molecule has 2 amide bonds. The zero-order chi connectivity index (χ0) is 24.7. The second kappa shape index (κ2) is 12.2. The Balaban J connectivity index is 1.85. The van der Waals surface area contributed by atoms with Crippen LogP contribution in [0.5, 0.6) is 0 Å². The van der Waals surface area contributed by atoms with E-state index in [9.17, 15) is 14.0 Å². The van der Waals surface area contributed by atoms with E-state index >= 15 is 0 Å². The Morgan fingerprint density at radius 2 is 1.21 bits per heavy atom. The summed E-state index contributed by atoms with van der Waals surface area (Å²) in [5, 5.41) is 12.3. The lowest BCUT2D eigenvalue weighted by molar-refractivity contribution is -0.135. The highest BCUT2D eigenvalue weighted by Crippen LogP contribution is 2.41. The van der Waals surface area contributed by atoms with E-state index in [1.807, 2.05) is 13.8 Å². The minimum atomic E-state index is -0.559. The number of hydrazone groups is 2. The van der Waals surface area contributed by atoms with Crippen molar-refractivity contribution in [2.24, 2.45) is 22.0 Å². The number of hydrogen-bond donors (Lipinski definition) is 0. The van der Waals surface area contributed by atoms with Crippen molar-refractivity contribution < 1.29 is 14.0 Å². The van der Waals surface area contributed by atoms with E-state index in [-0.39, 0.29) is 17.6 Å². The van der Waals surface area contributed by atoms with Crippen LogP contribution < -0.4 is 0 Å². The van der Waals surface area contributed by atoms with Crippen molar-refractivity contribution in [2.75, 3.05) is 13.1 Å². The highest BCUT2D eigenvalue weighted by atomic mass is 19.1. The van der Waals surface area contributed by atoms with Crippen molar-refractivity contribution in [1.29, 1.82) is 0 Å². The molecule has 2 atom stereocenters. The third kappa shape index (κ3) is 5.91. The van der Waals surface area contributed by atoms with Gasteiger partial charge in [0, 0.05) is 30.4 Å². The van der Waals surface area contributed by atoms with Crippen LogP contribution in [0.4, 0.5) is 4.39 Å². The molecule has 0 radical (unpaired) electrons. The molecule has 0 bridgehead atoms. The second-order valence-corrected chi connectivity index (χ2v) is 9.56. The average molecular weight is 471 g/mol. The number of halogens is 1. The van der Waals surface area contributed by atoms with Gasteiger partial charge in [-0.05, 0) is 44.4 Å². The molecular formula is C27H39FN4O2. The number of carbonyl (C=O) groups is 2. The maximum Gasteiger partial charge on any atom is 0.252 e. The van der Waals surface area contributed by atoms with Gasteiger partial charge in [-0.25, -0.2) is 14.4 Å². The molecule has 0 fully saturated rings. The molecule has 2 aliphatic rings. The zero-order valence-electron chi connectivity index (χ0n) is 21.1. The number of amides is 2. The Morgan fingerprint density at radius 3 is 1.62 bits per heavy atom. The lowest BCUT2D eigenvalue weighted by Crippen LogP contribution is -2.40. The standard InChI is InChI=1S/C27H39FN4O2/c1-5-7-9-11-17-31-26(33)23(19(3)29-31)25(21-13-15-22(28)16-14-21)24-20(4)30-32(27(24)34)18-12-10-8-6-2/h13-16,23-25H,5-12,17-18H2,1-4H3. The van der Waals surface area contributed by atoms with Gasteiger partial charge in [0.25, 0.3) is 11.8 Å². The summed E-state index contributed by atoms with van der Waals surface area (Å²) in [5.74, 6) is -2.08. The van der Waals surface area contributed by atoms with Gasteiger partial charge in [0.05, 0.1) is 11.8 Å².